The van der Waals surface area contributed by atoms with Crippen LogP contribution in [0, 0.1) is 6.92 Å². The predicted molar refractivity (Wildman–Crippen MR) is 105 cm³/mol. The molecule has 0 bridgehead atoms. The Morgan fingerprint density at radius 1 is 1.04 bits per heavy atom. The molecule has 134 valence electrons. The first-order valence-electron chi connectivity index (χ1n) is 8.95. The molecule has 0 aliphatic heterocycles. The number of urea groups is 1. The van der Waals surface area contributed by atoms with E-state index < -0.39 is 0 Å². The van der Waals surface area contributed by atoms with Crippen LogP contribution in [0.4, 0.5) is 4.79 Å². The Morgan fingerprint density at radius 2 is 1.64 bits per heavy atom. The van der Waals surface area contributed by atoms with Crippen molar-refractivity contribution in [2.24, 2.45) is 0 Å². The fraction of sp³-hybridized carbons (Fsp3) is 0.409. The standard InChI is InChI=1S/C22H30N2O/c1-17(2)24(15-19-9-7-6-8-10-19)21(25)23-16-22(4,5)20-13-11-18(3)12-14-20/h6-14,17H,15-16H2,1-5H3,(H,23,25). The zero-order chi connectivity index (χ0) is 18.4. The molecule has 2 rings (SSSR count). The lowest BCUT2D eigenvalue weighted by Crippen LogP contribution is -2.47. The molecule has 0 aliphatic rings. The SMILES string of the molecule is Cc1ccc(C(C)(C)CNC(=O)N(Cc2ccccc2)C(C)C)cc1. The number of hydrogen-bond donors (Lipinski definition) is 1. The molecule has 3 heteroatoms. The third-order valence-corrected chi connectivity index (χ3v) is 4.59. The molecule has 0 spiro atoms. The van der Waals surface area contributed by atoms with E-state index in [0.29, 0.717) is 13.1 Å². The van der Waals surface area contributed by atoms with Crippen molar-refractivity contribution in [3.05, 3.63) is 71.3 Å². The molecule has 0 aliphatic carbocycles. The van der Waals surface area contributed by atoms with E-state index in [-0.39, 0.29) is 17.5 Å². The number of hydrogen-bond acceptors (Lipinski definition) is 1. The van der Waals surface area contributed by atoms with E-state index in [9.17, 15) is 4.79 Å². The minimum Gasteiger partial charge on any atom is -0.337 e. The highest BCUT2D eigenvalue weighted by molar-refractivity contribution is 5.74. The molecule has 0 heterocycles. The molecular weight excluding hydrogens is 308 g/mol. The van der Waals surface area contributed by atoms with Crippen molar-refractivity contribution >= 4 is 6.03 Å². The molecule has 0 fully saturated rings. The van der Waals surface area contributed by atoms with Gasteiger partial charge in [0.05, 0.1) is 0 Å². The van der Waals surface area contributed by atoms with E-state index >= 15 is 0 Å². The van der Waals surface area contributed by atoms with E-state index in [1.807, 2.05) is 36.9 Å². The first-order valence-corrected chi connectivity index (χ1v) is 8.95. The van der Waals surface area contributed by atoms with E-state index in [4.69, 9.17) is 0 Å². The average molecular weight is 338 g/mol. The highest BCUT2D eigenvalue weighted by Gasteiger charge is 2.24. The predicted octanol–water partition coefficient (Wildman–Crippen LogP) is 4.89. The van der Waals surface area contributed by atoms with Crippen LogP contribution in [-0.2, 0) is 12.0 Å². The number of carbonyl (C=O) groups excluding carboxylic acids is 1. The average Bonchev–Trinajstić information content (AvgIpc) is 2.59. The van der Waals surface area contributed by atoms with Crippen LogP contribution in [0.15, 0.2) is 54.6 Å². The summed E-state index contributed by atoms with van der Waals surface area (Å²) >= 11 is 0. The van der Waals surface area contributed by atoms with Crippen molar-refractivity contribution < 1.29 is 4.79 Å². The topological polar surface area (TPSA) is 32.3 Å². The fourth-order valence-electron chi connectivity index (χ4n) is 2.77. The minimum atomic E-state index is -0.112. The summed E-state index contributed by atoms with van der Waals surface area (Å²) in [5.74, 6) is 0. The largest absolute Gasteiger partial charge is 0.337 e. The van der Waals surface area contributed by atoms with Crippen LogP contribution in [0.25, 0.3) is 0 Å². The highest BCUT2D eigenvalue weighted by Crippen LogP contribution is 2.22. The van der Waals surface area contributed by atoms with Gasteiger partial charge >= 0.3 is 6.03 Å². The lowest BCUT2D eigenvalue weighted by molar-refractivity contribution is 0.177. The number of nitrogens with zero attached hydrogens (tertiary/aromatic N) is 1. The van der Waals surface area contributed by atoms with Gasteiger partial charge in [0.1, 0.15) is 0 Å². The number of rotatable bonds is 6. The summed E-state index contributed by atoms with van der Waals surface area (Å²) in [6, 6.07) is 18.8. The third-order valence-electron chi connectivity index (χ3n) is 4.59. The molecule has 0 atom stereocenters. The molecule has 0 aromatic heterocycles. The number of amides is 2. The van der Waals surface area contributed by atoms with Gasteiger partial charge in [0.15, 0.2) is 0 Å². The first kappa shape index (κ1) is 19.0. The molecule has 2 aromatic rings. The normalized spacial score (nSPS) is 11.4. The molecule has 3 nitrogen and oxygen atoms in total. The van der Waals surface area contributed by atoms with Crippen LogP contribution in [0.1, 0.15) is 44.4 Å². The summed E-state index contributed by atoms with van der Waals surface area (Å²) in [6.45, 7) is 11.7. The maximum atomic E-state index is 12.7. The fourth-order valence-corrected chi connectivity index (χ4v) is 2.77. The van der Waals surface area contributed by atoms with Gasteiger partial charge in [-0.3, -0.25) is 0 Å². The van der Waals surface area contributed by atoms with E-state index in [0.717, 1.165) is 5.56 Å². The van der Waals surface area contributed by atoms with E-state index in [1.54, 1.807) is 0 Å². The van der Waals surface area contributed by atoms with Gasteiger partial charge in [0.2, 0.25) is 0 Å². The van der Waals surface area contributed by atoms with Crippen LogP contribution < -0.4 is 5.32 Å². The Balaban J connectivity index is 2.01. The van der Waals surface area contributed by atoms with Crippen LogP contribution in [0.2, 0.25) is 0 Å². The van der Waals surface area contributed by atoms with Crippen molar-refractivity contribution in [3.63, 3.8) is 0 Å². The van der Waals surface area contributed by atoms with Gasteiger partial charge in [-0.05, 0) is 31.9 Å². The molecular formula is C22H30N2O. The van der Waals surface area contributed by atoms with Crippen molar-refractivity contribution in [2.75, 3.05) is 6.54 Å². The van der Waals surface area contributed by atoms with Crippen LogP contribution >= 0.6 is 0 Å². The molecule has 0 saturated carbocycles. The Hall–Kier alpha value is -2.29. The Labute approximate surface area is 152 Å². The summed E-state index contributed by atoms with van der Waals surface area (Å²) < 4.78 is 0. The highest BCUT2D eigenvalue weighted by atomic mass is 16.2. The number of aryl methyl sites for hydroxylation is 1. The van der Waals surface area contributed by atoms with Gasteiger partial charge in [-0.25, -0.2) is 4.79 Å². The summed E-state index contributed by atoms with van der Waals surface area (Å²) in [7, 11) is 0. The lowest BCUT2D eigenvalue weighted by atomic mass is 9.84. The van der Waals surface area contributed by atoms with Crippen molar-refractivity contribution in [1.82, 2.24) is 10.2 Å². The number of carbonyl (C=O) groups is 1. The summed E-state index contributed by atoms with van der Waals surface area (Å²) in [6.07, 6.45) is 0. The van der Waals surface area contributed by atoms with Gasteiger partial charge in [0, 0.05) is 24.5 Å². The van der Waals surface area contributed by atoms with Crippen molar-refractivity contribution in [2.45, 2.75) is 52.6 Å². The van der Waals surface area contributed by atoms with Crippen LogP contribution in [-0.4, -0.2) is 23.5 Å². The third kappa shape index (κ3) is 5.35. The Bertz CT molecular complexity index is 675. The zero-order valence-corrected chi connectivity index (χ0v) is 16.0. The molecule has 2 amide bonds. The van der Waals surface area contributed by atoms with Gasteiger partial charge in [0.25, 0.3) is 0 Å². The molecule has 0 saturated heterocycles. The van der Waals surface area contributed by atoms with Gasteiger partial charge in [-0.15, -0.1) is 0 Å². The monoisotopic (exact) mass is 338 g/mol. The van der Waals surface area contributed by atoms with Gasteiger partial charge < -0.3 is 10.2 Å². The second-order valence-corrected chi connectivity index (χ2v) is 7.62. The summed E-state index contributed by atoms with van der Waals surface area (Å²) in [5.41, 5.74) is 3.51. The summed E-state index contributed by atoms with van der Waals surface area (Å²) in [5, 5.41) is 3.12. The Morgan fingerprint density at radius 3 is 2.20 bits per heavy atom. The van der Waals surface area contributed by atoms with Crippen LogP contribution in [0.3, 0.4) is 0 Å². The molecule has 1 N–H and O–H groups in total. The maximum Gasteiger partial charge on any atom is 0.317 e. The second-order valence-electron chi connectivity index (χ2n) is 7.62. The number of nitrogens with one attached hydrogen (secondary N) is 1. The molecule has 0 radical (unpaired) electrons. The van der Waals surface area contributed by atoms with Gasteiger partial charge in [-0.2, -0.15) is 0 Å². The molecule has 0 unspecified atom stereocenters. The zero-order valence-electron chi connectivity index (χ0n) is 16.0. The lowest BCUT2D eigenvalue weighted by Gasteiger charge is -2.31. The van der Waals surface area contributed by atoms with Crippen molar-refractivity contribution in [3.8, 4) is 0 Å². The first-order chi connectivity index (χ1) is 11.8. The molecule has 2 aromatic carbocycles. The maximum absolute atomic E-state index is 12.7. The van der Waals surface area contributed by atoms with E-state index in [2.05, 4.69) is 62.5 Å². The van der Waals surface area contributed by atoms with Crippen LogP contribution in [0.5, 0.6) is 0 Å². The van der Waals surface area contributed by atoms with E-state index in [1.165, 1.54) is 11.1 Å². The van der Waals surface area contributed by atoms with Crippen molar-refractivity contribution in [1.29, 1.82) is 0 Å². The van der Waals surface area contributed by atoms with Gasteiger partial charge in [-0.1, -0.05) is 74.0 Å². The Kier molecular flexibility index (Phi) is 6.24. The smallest absolute Gasteiger partial charge is 0.317 e. The molecule has 25 heavy (non-hydrogen) atoms. The number of benzene rings is 2. The second kappa shape index (κ2) is 8.19. The minimum absolute atomic E-state index is 0.0148. The quantitative estimate of drug-likeness (QED) is 0.799. The summed E-state index contributed by atoms with van der Waals surface area (Å²) in [4.78, 5) is 14.6.